The lowest BCUT2D eigenvalue weighted by molar-refractivity contribution is 0.0657. The molecule has 0 aliphatic carbocycles. The molecule has 9 heteroatoms. The molecule has 1 aliphatic heterocycles. The molecule has 0 saturated carbocycles. The van der Waals surface area contributed by atoms with Crippen LogP contribution in [0.5, 0.6) is 0 Å². The van der Waals surface area contributed by atoms with Gasteiger partial charge in [0, 0.05) is 33.3 Å². The Morgan fingerprint density at radius 3 is 2.42 bits per heavy atom. The minimum atomic E-state index is -0.256. The topological polar surface area (TPSA) is 91.0 Å². The molecule has 0 bridgehead atoms. The van der Waals surface area contributed by atoms with Crippen LogP contribution in [0.15, 0.2) is 46.1 Å². The molecule has 1 N–H and O–H groups in total. The summed E-state index contributed by atoms with van der Waals surface area (Å²) < 4.78 is 4.81. The Morgan fingerprint density at radius 2 is 1.88 bits per heavy atom. The summed E-state index contributed by atoms with van der Waals surface area (Å²) in [7, 11) is 3.54. The van der Waals surface area contributed by atoms with Crippen molar-refractivity contribution in [1.82, 2.24) is 20.3 Å². The van der Waals surface area contributed by atoms with Crippen molar-refractivity contribution in [2.24, 2.45) is 4.99 Å². The van der Waals surface area contributed by atoms with Crippen LogP contribution in [0.3, 0.4) is 0 Å². The number of carbonyl (C=O) groups is 2. The molecule has 138 valence electrons. The average molecular weight is 469 g/mol. The van der Waals surface area contributed by atoms with Gasteiger partial charge in [-0.2, -0.15) is 0 Å². The van der Waals surface area contributed by atoms with Crippen molar-refractivity contribution in [2.75, 3.05) is 27.2 Å². The number of nitrogens with one attached hydrogen (secondary N) is 1. The Balaban J connectivity index is 0.00000243. The van der Waals surface area contributed by atoms with Gasteiger partial charge < -0.3 is 14.7 Å². The predicted molar refractivity (Wildman–Crippen MR) is 107 cm³/mol. The first kappa shape index (κ1) is 19.9. The van der Waals surface area contributed by atoms with Crippen LogP contribution in [0.1, 0.15) is 26.4 Å². The monoisotopic (exact) mass is 469 g/mol. The summed E-state index contributed by atoms with van der Waals surface area (Å²) in [4.78, 5) is 32.0. The van der Waals surface area contributed by atoms with Crippen molar-refractivity contribution in [3.63, 3.8) is 0 Å². The molecule has 1 aliphatic rings. The van der Waals surface area contributed by atoms with Crippen LogP contribution < -0.4 is 5.32 Å². The predicted octanol–water partition coefficient (Wildman–Crippen LogP) is 1.60. The Bertz CT molecular complexity index is 771. The normalized spacial score (nSPS) is 13.5. The van der Waals surface area contributed by atoms with E-state index in [2.05, 4.69) is 15.5 Å². The largest absolute Gasteiger partial charge is 0.364 e. The van der Waals surface area contributed by atoms with Crippen LogP contribution in [-0.2, 0) is 6.54 Å². The number of aliphatic imine (C=N–C) groups is 1. The standard InChI is InChI=1S/C17H19N5O3.HI/c1-18-17(21(2)11-12-7-10-25-20-12)19-8-9-22-15(23)13-5-3-4-6-14(13)16(22)24;/h3-7,10H,8-9,11H2,1-2H3,(H,18,19);1H. The summed E-state index contributed by atoms with van der Waals surface area (Å²) >= 11 is 0. The molecule has 1 aromatic carbocycles. The number of guanidine groups is 1. The van der Waals surface area contributed by atoms with Crippen molar-refractivity contribution in [2.45, 2.75) is 6.54 Å². The summed E-state index contributed by atoms with van der Waals surface area (Å²) in [6.45, 7) is 1.20. The van der Waals surface area contributed by atoms with Gasteiger partial charge in [0.15, 0.2) is 5.96 Å². The van der Waals surface area contributed by atoms with E-state index < -0.39 is 0 Å². The first-order valence-corrected chi connectivity index (χ1v) is 7.88. The second-order valence-corrected chi connectivity index (χ2v) is 5.63. The first-order valence-electron chi connectivity index (χ1n) is 7.88. The first-order chi connectivity index (χ1) is 12.1. The highest BCUT2D eigenvalue weighted by atomic mass is 127. The van der Waals surface area contributed by atoms with Gasteiger partial charge in [0.1, 0.15) is 12.0 Å². The molecule has 0 spiro atoms. The lowest BCUT2D eigenvalue weighted by Crippen LogP contribution is -2.43. The zero-order chi connectivity index (χ0) is 17.8. The van der Waals surface area contributed by atoms with E-state index in [1.54, 1.807) is 37.4 Å². The molecule has 0 atom stereocenters. The van der Waals surface area contributed by atoms with Gasteiger partial charge in [-0.15, -0.1) is 24.0 Å². The fourth-order valence-electron chi connectivity index (χ4n) is 2.74. The quantitative estimate of drug-likeness (QED) is 0.310. The molecular formula is C17H20IN5O3. The van der Waals surface area contributed by atoms with Crippen molar-refractivity contribution >= 4 is 41.8 Å². The molecule has 26 heavy (non-hydrogen) atoms. The minimum Gasteiger partial charge on any atom is -0.364 e. The van der Waals surface area contributed by atoms with E-state index in [0.717, 1.165) is 5.69 Å². The molecule has 1 aromatic heterocycles. The van der Waals surface area contributed by atoms with Gasteiger partial charge in [-0.25, -0.2) is 0 Å². The van der Waals surface area contributed by atoms with Gasteiger partial charge in [0.05, 0.1) is 17.7 Å². The highest BCUT2D eigenvalue weighted by Gasteiger charge is 2.34. The highest BCUT2D eigenvalue weighted by molar-refractivity contribution is 14.0. The number of carbonyl (C=O) groups excluding carboxylic acids is 2. The molecule has 2 aromatic rings. The van der Waals surface area contributed by atoms with Crippen LogP contribution in [0, 0.1) is 0 Å². The molecule has 3 rings (SSSR count). The van der Waals surface area contributed by atoms with E-state index in [1.165, 1.54) is 11.2 Å². The van der Waals surface area contributed by atoms with Crippen molar-refractivity contribution in [3.05, 3.63) is 53.4 Å². The van der Waals surface area contributed by atoms with Crippen LogP contribution in [0.4, 0.5) is 0 Å². The maximum Gasteiger partial charge on any atom is 0.261 e. The van der Waals surface area contributed by atoms with Gasteiger partial charge in [-0.3, -0.25) is 19.5 Å². The molecule has 2 heterocycles. The van der Waals surface area contributed by atoms with Crippen molar-refractivity contribution < 1.29 is 14.1 Å². The lowest BCUT2D eigenvalue weighted by Gasteiger charge is -2.22. The molecule has 0 saturated heterocycles. The van der Waals surface area contributed by atoms with Crippen LogP contribution in [0.2, 0.25) is 0 Å². The lowest BCUT2D eigenvalue weighted by atomic mass is 10.1. The second kappa shape index (κ2) is 8.79. The molecular weight excluding hydrogens is 449 g/mol. The number of halogens is 1. The number of hydrogen-bond donors (Lipinski definition) is 1. The molecule has 0 unspecified atom stereocenters. The average Bonchev–Trinajstić information content (AvgIpc) is 3.21. The van der Waals surface area contributed by atoms with Gasteiger partial charge in [0.25, 0.3) is 11.8 Å². The minimum absolute atomic E-state index is 0. The number of nitrogens with zero attached hydrogens (tertiary/aromatic N) is 4. The Morgan fingerprint density at radius 1 is 1.23 bits per heavy atom. The fraction of sp³-hybridized carbons (Fsp3) is 0.294. The maximum atomic E-state index is 12.3. The van der Waals surface area contributed by atoms with Crippen LogP contribution >= 0.6 is 24.0 Å². The van der Waals surface area contributed by atoms with E-state index in [4.69, 9.17) is 4.52 Å². The van der Waals surface area contributed by atoms with Gasteiger partial charge >= 0.3 is 0 Å². The van der Waals surface area contributed by atoms with Crippen molar-refractivity contribution in [3.8, 4) is 0 Å². The summed E-state index contributed by atoms with van der Waals surface area (Å²) in [5, 5.41) is 7.01. The SMILES string of the molecule is CN=C(NCCN1C(=O)c2ccccc2C1=O)N(C)Cc1ccon1.I. The molecule has 0 fully saturated rings. The van der Waals surface area contributed by atoms with E-state index in [1.807, 2.05) is 11.9 Å². The van der Waals surface area contributed by atoms with Crippen LogP contribution in [0.25, 0.3) is 0 Å². The molecule has 8 nitrogen and oxygen atoms in total. The Hall–Kier alpha value is -2.43. The number of rotatable bonds is 5. The van der Waals surface area contributed by atoms with E-state index in [-0.39, 0.29) is 42.3 Å². The number of hydrogen-bond acceptors (Lipinski definition) is 5. The van der Waals surface area contributed by atoms with E-state index >= 15 is 0 Å². The third-order valence-electron chi connectivity index (χ3n) is 3.96. The van der Waals surface area contributed by atoms with Gasteiger partial charge in [-0.1, -0.05) is 17.3 Å². The zero-order valence-corrected chi connectivity index (χ0v) is 16.8. The number of fused-ring (bicyclic) bond motifs is 1. The summed E-state index contributed by atoms with van der Waals surface area (Å²) in [6, 6.07) is 8.64. The second-order valence-electron chi connectivity index (χ2n) is 5.63. The summed E-state index contributed by atoms with van der Waals surface area (Å²) in [6.07, 6.45) is 1.52. The number of benzene rings is 1. The zero-order valence-electron chi connectivity index (χ0n) is 14.5. The number of amides is 2. The smallest absolute Gasteiger partial charge is 0.261 e. The summed E-state index contributed by atoms with van der Waals surface area (Å²) in [5.74, 6) is 0.126. The molecule has 0 radical (unpaired) electrons. The Kier molecular flexibility index (Phi) is 6.72. The van der Waals surface area contributed by atoms with Crippen LogP contribution in [-0.4, -0.2) is 59.9 Å². The van der Waals surface area contributed by atoms with Crippen molar-refractivity contribution in [1.29, 1.82) is 0 Å². The fourth-order valence-corrected chi connectivity index (χ4v) is 2.74. The van der Waals surface area contributed by atoms with E-state index in [9.17, 15) is 9.59 Å². The number of aromatic nitrogens is 1. The van der Waals surface area contributed by atoms with Gasteiger partial charge in [-0.05, 0) is 12.1 Å². The third kappa shape index (κ3) is 4.03. The highest BCUT2D eigenvalue weighted by Crippen LogP contribution is 2.21. The van der Waals surface area contributed by atoms with Gasteiger partial charge in [0.2, 0.25) is 0 Å². The molecule has 2 amide bonds. The third-order valence-corrected chi connectivity index (χ3v) is 3.96. The number of imide groups is 1. The maximum absolute atomic E-state index is 12.3. The van der Waals surface area contributed by atoms with E-state index in [0.29, 0.717) is 30.2 Å². The Labute approximate surface area is 168 Å². The summed E-state index contributed by atoms with van der Waals surface area (Å²) in [5.41, 5.74) is 1.70.